The Morgan fingerprint density at radius 3 is 1.35 bits per heavy atom. The Bertz CT molecular complexity index is 2710. The second kappa shape index (κ2) is 32.6. The minimum Gasteiger partial charge on any atom is -0.508 e. The predicted molar refractivity (Wildman–Crippen MR) is 304 cm³/mol. The van der Waals surface area contributed by atoms with E-state index in [0.717, 1.165) is 49.5 Å². The number of phenolic OH excluding ortho intramolecular Hbond substituents is 1. The summed E-state index contributed by atoms with van der Waals surface area (Å²) in [6.45, 7) is 21.1. The minimum atomic E-state index is -0.780. The molecule has 0 heterocycles. The summed E-state index contributed by atoms with van der Waals surface area (Å²) >= 11 is 0. The molecule has 0 aliphatic rings. The first-order valence-corrected chi connectivity index (χ1v) is 26.1. The third-order valence-corrected chi connectivity index (χ3v) is 10.7. The normalized spacial score (nSPS) is 11.2. The lowest BCUT2D eigenvalue weighted by molar-refractivity contribution is -0.000339. The molecule has 14 heteroatoms. The third kappa shape index (κ3) is 27.2. The van der Waals surface area contributed by atoms with Crippen LogP contribution in [0.25, 0.3) is 0 Å². The van der Waals surface area contributed by atoms with E-state index in [4.69, 9.17) is 43.4 Å². The molecule has 0 amide bonds. The van der Waals surface area contributed by atoms with E-state index < -0.39 is 35.3 Å². The maximum atomic E-state index is 12.5. The van der Waals surface area contributed by atoms with Crippen molar-refractivity contribution in [2.75, 3.05) is 6.61 Å². The van der Waals surface area contributed by atoms with Crippen LogP contribution in [-0.4, -0.2) is 64.2 Å². The van der Waals surface area contributed by atoms with Crippen LogP contribution in [-0.2, 0) is 33.7 Å². The van der Waals surface area contributed by atoms with Crippen molar-refractivity contribution >= 4 is 30.5 Å². The number of benzene rings is 6. The second-order valence-corrected chi connectivity index (χ2v) is 20.8. The Balaban J connectivity index is 0.000000370. The Kier molecular flexibility index (Phi) is 26.9. The maximum absolute atomic E-state index is 12.5. The largest absolute Gasteiger partial charge is 0.514 e. The van der Waals surface area contributed by atoms with Crippen molar-refractivity contribution in [3.8, 4) is 28.7 Å². The summed E-state index contributed by atoms with van der Waals surface area (Å²) < 4.78 is 36.3. The summed E-state index contributed by atoms with van der Waals surface area (Å²) in [4.78, 5) is 57.6. The van der Waals surface area contributed by atoms with Crippen LogP contribution >= 0.6 is 0 Å². The van der Waals surface area contributed by atoms with Crippen LogP contribution in [0.3, 0.4) is 0 Å². The van der Waals surface area contributed by atoms with Gasteiger partial charge < -0.3 is 43.4 Å². The summed E-state index contributed by atoms with van der Waals surface area (Å²) in [7, 11) is 0. The van der Waals surface area contributed by atoms with Gasteiger partial charge in [0.1, 0.15) is 58.4 Å². The van der Waals surface area contributed by atoms with E-state index in [1.165, 1.54) is 35.4 Å². The molecule has 6 rings (SSSR count). The fraction of sp³-hybridized carbons (Fsp3) is 0.359. The van der Waals surface area contributed by atoms with E-state index in [1.807, 2.05) is 85.8 Å². The zero-order valence-corrected chi connectivity index (χ0v) is 47.0. The number of hydrogen-bond donors (Lipinski definition) is 2. The molecular formula is C64H80O14. The van der Waals surface area contributed by atoms with Gasteiger partial charge in [-0.05, 0) is 176 Å². The fourth-order valence-corrected chi connectivity index (χ4v) is 6.68. The Hall–Kier alpha value is -7.97. The number of hydrogen-bond acceptors (Lipinski definition) is 14. The van der Waals surface area contributed by atoms with Crippen LogP contribution in [0, 0.1) is 5.92 Å². The average molecular weight is 1070 g/mol. The number of aldehydes is 1. The molecule has 0 bridgehead atoms. The third-order valence-electron chi connectivity index (χ3n) is 10.7. The highest BCUT2D eigenvalue weighted by atomic mass is 16.7. The van der Waals surface area contributed by atoms with Gasteiger partial charge in [0.2, 0.25) is 0 Å². The fourth-order valence-electron chi connectivity index (χ4n) is 6.68. The highest BCUT2D eigenvalue weighted by Gasteiger charge is 2.25. The molecule has 6 aromatic rings. The summed E-state index contributed by atoms with van der Waals surface area (Å²) in [5.74, 6) is 1.99. The quantitative estimate of drug-likeness (QED) is 0.0272. The summed E-state index contributed by atoms with van der Waals surface area (Å²) in [6, 6.07) is 44.4. The first kappa shape index (κ1) is 64.3. The maximum Gasteiger partial charge on any atom is 0.514 e. The smallest absolute Gasteiger partial charge is 0.508 e. The van der Waals surface area contributed by atoms with Gasteiger partial charge in [0.25, 0.3) is 0 Å². The van der Waals surface area contributed by atoms with Crippen LogP contribution in [0.1, 0.15) is 146 Å². The number of ether oxygens (including phenoxy) is 7. The van der Waals surface area contributed by atoms with Crippen LogP contribution in [0.4, 0.5) is 14.4 Å². The number of rotatable bonds is 18. The molecule has 0 saturated heterocycles. The molecule has 0 saturated carbocycles. The van der Waals surface area contributed by atoms with Crippen molar-refractivity contribution in [3.63, 3.8) is 0 Å². The molecule has 6 aromatic carbocycles. The Labute approximate surface area is 462 Å². The van der Waals surface area contributed by atoms with E-state index in [1.54, 1.807) is 104 Å². The van der Waals surface area contributed by atoms with E-state index in [-0.39, 0.29) is 25.5 Å². The van der Waals surface area contributed by atoms with Crippen molar-refractivity contribution in [1.82, 2.24) is 0 Å². The van der Waals surface area contributed by atoms with Gasteiger partial charge in [-0.1, -0.05) is 112 Å². The summed E-state index contributed by atoms with van der Waals surface area (Å²) in [5, 5.41) is 18.1. The van der Waals surface area contributed by atoms with Crippen LogP contribution in [0.15, 0.2) is 152 Å². The van der Waals surface area contributed by atoms with Crippen molar-refractivity contribution < 1.29 is 68.8 Å². The zero-order valence-electron chi connectivity index (χ0n) is 47.0. The number of aryl methyl sites for hydroxylation is 2. The van der Waals surface area contributed by atoms with Gasteiger partial charge >= 0.3 is 18.5 Å². The molecule has 2 N–H and O–H groups in total. The van der Waals surface area contributed by atoms with Crippen molar-refractivity contribution in [3.05, 3.63) is 185 Å². The number of aliphatic hydroxyl groups excluding tert-OH is 1. The molecule has 0 spiro atoms. The van der Waals surface area contributed by atoms with E-state index in [9.17, 15) is 24.0 Å². The van der Waals surface area contributed by atoms with E-state index in [2.05, 4.69) is 13.8 Å². The van der Waals surface area contributed by atoms with Crippen LogP contribution in [0.2, 0.25) is 0 Å². The standard InChI is InChI=1S/C21H24O4.C18H20O4.C15H22O5.C10H12O.H2/c1-5-6-15-7-9-16(10-8-15)19(22)17-11-13-18(14-12-17)24-20(23)25-21(2,3)4;1-18(2,3)22-17(19)21-16-11-9-15(10-12-16)20-13-14-7-5-4-6-8-14;1-11(10-16)8-9-15(2,3)20-14(18)19-13-6-4-12(17)5-7-13;1-2-3-9-4-6-10(8-11)7-5-9;/h7-14H,5-6H2,1-4H3;4-12H,13H2,1-3H3;4-7,11,16-17H,8-10H2,1-3H3;4-8H,2-3H2,1H3;1H. The monoisotopic (exact) mass is 1070 g/mol. The summed E-state index contributed by atoms with van der Waals surface area (Å²) in [5.41, 5.74) is 3.71. The topological polar surface area (TPSA) is 190 Å². The number of ketones is 1. The van der Waals surface area contributed by atoms with Gasteiger partial charge in [-0.2, -0.15) is 0 Å². The number of phenols is 1. The van der Waals surface area contributed by atoms with Gasteiger partial charge in [0.15, 0.2) is 5.78 Å². The van der Waals surface area contributed by atoms with Gasteiger partial charge in [-0.3, -0.25) is 9.59 Å². The first-order valence-electron chi connectivity index (χ1n) is 26.1. The van der Waals surface area contributed by atoms with Gasteiger partial charge in [0.05, 0.1) is 0 Å². The molecule has 0 radical (unpaired) electrons. The number of aromatic hydroxyl groups is 1. The first-order chi connectivity index (χ1) is 36.9. The molecule has 1 unspecified atom stereocenters. The molecule has 78 heavy (non-hydrogen) atoms. The SMILES string of the molecule is CC(C)(C)OC(=O)Oc1ccc(OCc2ccccc2)cc1.CC(CO)CCC(C)(C)OC(=O)Oc1ccc(O)cc1.CCCc1ccc(C(=O)c2ccc(OC(=O)OC(C)(C)C)cc2)cc1.CCCc1ccc(C=O)cc1.[HH]. The highest BCUT2D eigenvalue weighted by molar-refractivity contribution is 6.09. The average Bonchev–Trinajstić information content (AvgIpc) is 3.39. The van der Waals surface area contributed by atoms with Crippen LogP contribution in [0.5, 0.6) is 28.7 Å². The lowest BCUT2D eigenvalue weighted by Crippen LogP contribution is -2.30. The van der Waals surface area contributed by atoms with E-state index in [0.29, 0.717) is 47.2 Å². The van der Waals surface area contributed by atoms with Crippen molar-refractivity contribution in [2.24, 2.45) is 5.92 Å². The molecule has 1 atom stereocenters. The number of carbonyl (C=O) groups excluding carboxylic acids is 5. The lowest BCUT2D eigenvalue weighted by Gasteiger charge is -2.25. The number of aliphatic hydroxyl groups is 1. The molecule has 420 valence electrons. The molecule has 14 nitrogen and oxygen atoms in total. The second-order valence-electron chi connectivity index (χ2n) is 20.8. The van der Waals surface area contributed by atoms with E-state index >= 15 is 0 Å². The van der Waals surface area contributed by atoms with Crippen LogP contribution < -0.4 is 18.9 Å². The summed E-state index contributed by atoms with van der Waals surface area (Å²) in [6.07, 6.45) is 4.34. The molecule has 0 aliphatic carbocycles. The zero-order chi connectivity index (χ0) is 57.7. The molecule has 0 aromatic heterocycles. The highest BCUT2D eigenvalue weighted by Crippen LogP contribution is 2.24. The van der Waals surface area contributed by atoms with Crippen molar-refractivity contribution in [1.29, 1.82) is 0 Å². The molecule has 0 fully saturated rings. The lowest BCUT2D eigenvalue weighted by atomic mass is 9.96. The van der Waals surface area contributed by atoms with Gasteiger partial charge in [0, 0.05) is 24.7 Å². The van der Waals surface area contributed by atoms with Crippen molar-refractivity contribution in [2.45, 2.75) is 138 Å². The minimum absolute atomic E-state index is 0. The van der Waals surface area contributed by atoms with Gasteiger partial charge in [-0.25, -0.2) is 14.4 Å². The molecular weight excluding hydrogens is 993 g/mol. The molecule has 0 aliphatic heterocycles. The number of carbonyl (C=O) groups is 5. The Morgan fingerprint density at radius 1 is 0.526 bits per heavy atom. The van der Waals surface area contributed by atoms with Gasteiger partial charge in [-0.15, -0.1) is 0 Å². The Morgan fingerprint density at radius 2 is 0.923 bits per heavy atom. The predicted octanol–water partition coefficient (Wildman–Crippen LogP) is 15.6.